The molecule has 1 heterocycles. The molecule has 0 aromatic heterocycles. The lowest BCUT2D eigenvalue weighted by atomic mass is 9.55. The van der Waals surface area contributed by atoms with Crippen LogP contribution in [0, 0.1) is 11.8 Å². The van der Waals surface area contributed by atoms with E-state index in [0.29, 0.717) is 23.8 Å². The van der Waals surface area contributed by atoms with Crippen molar-refractivity contribution >= 4 is 12.0 Å². The molecule has 4 atom stereocenters. The van der Waals surface area contributed by atoms with Crippen molar-refractivity contribution < 1.29 is 4.79 Å². The van der Waals surface area contributed by atoms with Crippen molar-refractivity contribution in [2.24, 2.45) is 11.8 Å². The predicted molar refractivity (Wildman–Crippen MR) is 66.3 cm³/mol. The number of hydrogen-bond donors (Lipinski definition) is 1. The Labute approximate surface area is 100 Å². The number of rotatable bonds is 0. The van der Waals surface area contributed by atoms with E-state index in [1.165, 1.54) is 11.1 Å². The van der Waals surface area contributed by atoms with Crippen LogP contribution in [0.25, 0.3) is 6.08 Å². The van der Waals surface area contributed by atoms with E-state index in [1.807, 2.05) is 0 Å². The molecule has 4 rings (SSSR count). The fourth-order valence-corrected chi connectivity index (χ4v) is 3.49. The van der Waals surface area contributed by atoms with Gasteiger partial charge in [0.1, 0.15) is 0 Å². The lowest BCUT2D eigenvalue weighted by molar-refractivity contribution is -0.119. The van der Waals surface area contributed by atoms with Gasteiger partial charge >= 0.3 is 0 Å². The monoisotopic (exact) mass is 223 g/mol. The first-order chi connectivity index (χ1) is 8.34. The Hall–Kier alpha value is -1.83. The molecule has 1 aromatic carbocycles. The van der Waals surface area contributed by atoms with Crippen molar-refractivity contribution in [3.8, 4) is 0 Å². The smallest absolute Gasteiger partial charge is 0.243 e. The van der Waals surface area contributed by atoms with Crippen LogP contribution in [0.1, 0.15) is 17.0 Å². The van der Waals surface area contributed by atoms with E-state index in [1.54, 1.807) is 6.08 Å². The molecule has 84 valence electrons. The number of benzene rings is 1. The molecule has 0 unspecified atom stereocenters. The molecule has 2 aliphatic carbocycles. The Morgan fingerprint density at radius 3 is 2.76 bits per heavy atom. The normalized spacial score (nSPS) is 36.4. The summed E-state index contributed by atoms with van der Waals surface area (Å²) in [5.41, 5.74) is 2.69. The largest absolute Gasteiger partial charge is 0.349 e. The third-order valence-electron chi connectivity index (χ3n) is 4.29. The van der Waals surface area contributed by atoms with Crippen LogP contribution in [-0.2, 0) is 4.79 Å². The predicted octanol–water partition coefficient (Wildman–Crippen LogP) is 2.10. The van der Waals surface area contributed by atoms with Gasteiger partial charge < -0.3 is 5.32 Å². The Balaban J connectivity index is 1.80. The van der Waals surface area contributed by atoms with Gasteiger partial charge in [0.2, 0.25) is 5.91 Å². The molecule has 1 aromatic rings. The second kappa shape index (κ2) is 3.10. The first kappa shape index (κ1) is 9.23. The Morgan fingerprint density at radius 1 is 1.00 bits per heavy atom. The van der Waals surface area contributed by atoms with E-state index in [9.17, 15) is 4.79 Å². The second-order valence-electron chi connectivity index (χ2n) is 5.06. The molecule has 1 amide bonds. The molecule has 0 saturated heterocycles. The molecule has 1 aliphatic heterocycles. The first-order valence-electron chi connectivity index (χ1n) is 6.10. The Morgan fingerprint density at radius 2 is 1.82 bits per heavy atom. The third kappa shape index (κ3) is 1.13. The van der Waals surface area contributed by atoms with Gasteiger partial charge in [0.25, 0.3) is 0 Å². The van der Waals surface area contributed by atoms with E-state index >= 15 is 0 Å². The van der Waals surface area contributed by atoms with Crippen LogP contribution in [0.4, 0.5) is 0 Å². The summed E-state index contributed by atoms with van der Waals surface area (Å²) >= 11 is 0. The van der Waals surface area contributed by atoms with Crippen molar-refractivity contribution in [2.45, 2.75) is 12.0 Å². The van der Waals surface area contributed by atoms with Crippen LogP contribution in [-0.4, -0.2) is 11.9 Å². The minimum atomic E-state index is 0.0525. The van der Waals surface area contributed by atoms with E-state index in [-0.39, 0.29) is 5.91 Å². The number of amides is 1. The number of hydrogen-bond acceptors (Lipinski definition) is 1. The SMILES string of the molecule is O=C1C=C[C@H]2[C@H]3C=Cc4ccccc4[C@H]3[C@H]2N1. The Bertz CT molecular complexity index is 558. The summed E-state index contributed by atoms with van der Waals surface area (Å²) in [6, 6.07) is 8.79. The molecule has 17 heavy (non-hydrogen) atoms. The molecule has 2 heteroatoms. The van der Waals surface area contributed by atoms with Crippen LogP contribution in [0.3, 0.4) is 0 Å². The highest BCUT2D eigenvalue weighted by Gasteiger charge is 2.51. The highest BCUT2D eigenvalue weighted by molar-refractivity contribution is 5.89. The summed E-state index contributed by atoms with van der Waals surface area (Å²) in [5, 5.41) is 3.10. The summed E-state index contributed by atoms with van der Waals surface area (Å²) < 4.78 is 0. The van der Waals surface area contributed by atoms with Crippen LogP contribution in [0.2, 0.25) is 0 Å². The topological polar surface area (TPSA) is 29.1 Å². The molecule has 1 saturated carbocycles. The standard InChI is InChI=1S/C15H13NO/c17-13-8-7-12-11-6-5-9-3-1-2-4-10(9)14(11)15(12)16-13/h1-8,11-12,14-15H,(H,16,17)/t11-,12+,14-,15+/m1/s1. The van der Waals surface area contributed by atoms with Gasteiger partial charge in [-0.15, -0.1) is 0 Å². The molecule has 0 bridgehead atoms. The highest BCUT2D eigenvalue weighted by Crippen LogP contribution is 2.53. The molecular weight excluding hydrogens is 210 g/mol. The lowest BCUT2D eigenvalue weighted by Gasteiger charge is -2.53. The summed E-state index contributed by atoms with van der Waals surface area (Å²) in [5.74, 6) is 1.57. The summed E-state index contributed by atoms with van der Waals surface area (Å²) in [7, 11) is 0. The van der Waals surface area contributed by atoms with Crippen molar-refractivity contribution in [1.29, 1.82) is 0 Å². The third-order valence-corrected chi connectivity index (χ3v) is 4.29. The molecule has 3 aliphatic rings. The highest BCUT2D eigenvalue weighted by atomic mass is 16.1. The molecule has 2 nitrogen and oxygen atoms in total. The van der Waals surface area contributed by atoms with Gasteiger partial charge in [0, 0.05) is 17.9 Å². The number of nitrogens with one attached hydrogen (secondary N) is 1. The van der Waals surface area contributed by atoms with Gasteiger partial charge in [0.05, 0.1) is 0 Å². The van der Waals surface area contributed by atoms with Crippen molar-refractivity contribution in [2.75, 3.05) is 0 Å². The van der Waals surface area contributed by atoms with Crippen LogP contribution < -0.4 is 5.32 Å². The quantitative estimate of drug-likeness (QED) is 0.717. The minimum absolute atomic E-state index is 0.0525. The van der Waals surface area contributed by atoms with E-state index < -0.39 is 0 Å². The Kier molecular flexibility index (Phi) is 1.68. The molecular formula is C15H13NO. The van der Waals surface area contributed by atoms with Gasteiger partial charge in [-0.1, -0.05) is 42.5 Å². The maximum atomic E-state index is 11.4. The molecule has 0 radical (unpaired) electrons. The number of allylic oxidation sites excluding steroid dienone is 1. The average molecular weight is 223 g/mol. The second-order valence-corrected chi connectivity index (χ2v) is 5.06. The van der Waals surface area contributed by atoms with Gasteiger partial charge in [-0.25, -0.2) is 0 Å². The molecule has 1 N–H and O–H groups in total. The zero-order chi connectivity index (χ0) is 11.4. The van der Waals surface area contributed by atoms with Gasteiger partial charge in [0.15, 0.2) is 0 Å². The van der Waals surface area contributed by atoms with Gasteiger partial charge in [-0.2, -0.15) is 0 Å². The van der Waals surface area contributed by atoms with Crippen LogP contribution in [0.5, 0.6) is 0 Å². The number of carbonyl (C=O) groups excluding carboxylic acids is 1. The number of fused-ring (bicyclic) bond motifs is 6. The van der Waals surface area contributed by atoms with Crippen LogP contribution >= 0.6 is 0 Å². The molecule has 1 fully saturated rings. The zero-order valence-corrected chi connectivity index (χ0v) is 9.34. The van der Waals surface area contributed by atoms with Crippen molar-refractivity contribution in [3.63, 3.8) is 0 Å². The summed E-state index contributed by atoms with van der Waals surface area (Å²) in [4.78, 5) is 11.4. The lowest BCUT2D eigenvalue weighted by Crippen LogP contribution is -2.59. The summed E-state index contributed by atoms with van der Waals surface area (Å²) in [6.45, 7) is 0. The number of carbonyl (C=O) groups is 1. The fourth-order valence-electron chi connectivity index (χ4n) is 3.49. The maximum Gasteiger partial charge on any atom is 0.243 e. The average Bonchev–Trinajstić information content (AvgIpc) is 2.35. The van der Waals surface area contributed by atoms with Crippen molar-refractivity contribution in [3.05, 3.63) is 53.6 Å². The van der Waals surface area contributed by atoms with E-state index in [2.05, 4.69) is 47.8 Å². The van der Waals surface area contributed by atoms with E-state index in [4.69, 9.17) is 0 Å². The zero-order valence-electron chi connectivity index (χ0n) is 9.34. The minimum Gasteiger partial charge on any atom is -0.349 e. The van der Waals surface area contributed by atoms with E-state index in [0.717, 1.165) is 0 Å². The fraction of sp³-hybridized carbons (Fsp3) is 0.267. The first-order valence-corrected chi connectivity index (χ1v) is 6.10. The van der Waals surface area contributed by atoms with Crippen LogP contribution in [0.15, 0.2) is 42.5 Å². The van der Waals surface area contributed by atoms with Gasteiger partial charge in [-0.05, 0) is 23.1 Å². The van der Waals surface area contributed by atoms with Gasteiger partial charge in [-0.3, -0.25) is 4.79 Å². The maximum absolute atomic E-state index is 11.4. The summed E-state index contributed by atoms with van der Waals surface area (Å²) in [6.07, 6.45) is 8.27. The van der Waals surface area contributed by atoms with Crippen molar-refractivity contribution in [1.82, 2.24) is 5.32 Å². The molecule has 0 spiro atoms.